The Hall–Kier alpha value is -3.18. The van der Waals surface area contributed by atoms with E-state index in [0.29, 0.717) is 33.2 Å². The first kappa shape index (κ1) is 16.7. The maximum absolute atomic E-state index is 12.8. The van der Waals surface area contributed by atoms with Gasteiger partial charge in [-0.25, -0.2) is 23.5 Å². The molecule has 0 fully saturated rings. The van der Waals surface area contributed by atoms with Crippen LogP contribution in [0.3, 0.4) is 0 Å². The first-order valence-corrected chi connectivity index (χ1v) is 9.27. The number of hydrogen-bond acceptors (Lipinski definition) is 4. The molecule has 126 valence electrons. The normalized spacial score (nSPS) is 13.2. The molecule has 1 atom stereocenters. The van der Waals surface area contributed by atoms with E-state index >= 15 is 0 Å². The maximum Gasteiger partial charge on any atom is 0.280 e. The lowest BCUT2D eigenvalue weighted by atomic mass is 10.1. The highest BCUT2D eigenvalue weighted by Crippen LogP contribution is 2.23. The molecule has 0 aliphatic rings. The van der Waals surface area contributed by atoms with Gasteiger partial charge < -0.3 is 0 Å². The van der Waals surface area contributed by atoms with Gasteiger partial charge >= 0.3 is 0 Å². The average molecular weight is 353 g/mol. The van der Waals surface area contributed by atoms with Gasteiger partial charge in [-0.1, -0.05) is 24.3 Å². The molecular weight excluding hydrogens is 338 g/mol. The molecule has 2 heterocycles. The molecule has 3 aromatic rings. The van der Waals surface area contributed by atoms with Crippen LogP contribution in [0.2, 0.25) is 0 Å². The molecule has 0 radical (unpaired) electrons. The summed E-state index contributed by atoms with van der Waals surface area (Å²) in [6.45, 7) is 8.78. The van der Waals surface area contributed by atoms with Crippen LogP contribution in [0, 0.1) is 18.3 Å². The zero-order valence-electron chi connectivity index (χ0n) is 13.6. The molecule has 0 aliphatic heterocycles. The summed E-state index contributed by atoms with van der Waals surface area (Å²) in [6.07, 6.45) is 2.66. The Bertz CT molecular complexity index is 1130. The van der Waals surface area contributed by atoms with E-state index in [-0.39, 0.29) is 5.56 Å². The van der Waals surface area contributed by atoms with Crippen molar-refractivity contribution in [2.75, 3.05) is 6.26 Å². The van der Waals surface area contributed by atoms with E-state index in [1.54, 1.807) is 37.3 Å². The third kappa shape index (κ3) is 3.09. The second-order valence-corrected chi connectivity index (χ2v) is 7.77. The first-order valence-electron chi connectivity index (χ1n) is 7.31. The lowest BCUT2D eigenvalue weighted by molar-refractivity contribution is 0.678. The van der Waals surface area contributed by atoms with Crippen LogP contribution < -0.4 is 5.56 Å². The van der Waals surface area contributed by atoms with E-state index in [1.807, 2.05) is 0 Å². The largest absolute Gasteiger partial charge is 0.293 e. The van der Waals surface area contributed by atoms with Gasteiger partial charge in [0.2, 0.25) is 0 Å². The lowest BCUT2D eigenvalue weighted by Gasteiger charge is -2.03. The molecule has 1 unspecified atom stereocenters. The van der Waals surface area contributed by atoms with Crippen molar-refractivity contribution < 1.29 is 4.21 Å². The van der Waals surface area contributed by atoms with Crippen LogP contribution in [0.1, 0.15) is 5.69 Å². The number of pyridine rings is 1. The molecule has 0 aliphatic carbocycles. The molecule has 0 amide bonds. The fourth-order valence-corrected chi connectivity index (χ4v) is 3.07. The second kappa shape index (κ2) is 6.03. The molecule has 7 nitrogen and oxygen atoms in total. The van der Waals surface area contributed by atoms with Crippen LogP contribution in [-0.4, -0.2) is 25.2 Å². The number of H-pyrrole nitrogens is 1. The minimum absolute atomic E-state index is 0.267. The highest BCUT2D eigenvalue weighted by Gasteiger charge is 2.15. The Morgan fingerprint density at radius 3 is 2.44 bits per heavy atom. The number of hydrogen-bond donors (Lipinski definition) is 2. The van der Waals surface area contributed by atoms with Crippen LogP contribution in [-0.2, 0) is 9.73 Å². The average Bonchev–Trinajstić information content (AvgIpc) is 2.89. The summed E-state index contributed by atoms with van der Waals surface area (Å²) < 4.78 is 20.6. The van der Waals surface area contributed by atoms with Crippen LogP contribution in [0.25, 0.3) is 21.8 Å². The maximum atomic E-state index is 12.8. The number of aromatic amines is 1. The summed E-state index contributed by atoms with van der Waals surface area (Å²) >= 11 is 0. The molecule has 2 aromatic heterocycles. The van der Waals surface area contributed by atoms with Gasteiger partial charge in [-0.3, -0.25) is 9.89 Å². The molecule has 0 saturated heterocycles. The Labute approximate surface area is 144 Å². The van der Waals surface area contributed by atoms with Crippen LogP contribution in [0.4, 0.5) is 5.69 Å². The molecule has 0 saturated carbocycles. The van der Waals surface area contributed by atoms with Gasteiger partial charge in [-0.15, -0.1) is 0 Å². The number of aromatic nitrogens is 3. The Kier molecular flexibility index (Phi) is 4.02. The SMILES string of the molecule is [C-]#[N+]c1ccc(-c2c(C)[nH]n(-c3ccc(S(C)(=N)=O)cn3)c2=O)cc1. The van der Waals surface area contributed by atoms with Gasteiger partial charge in [0.25, 0.3) is 5.56 Å². The first-order chi connectivity index (χ1) is 11.8. The van der Waals surface area contributed by atoms with Crippen molar-refractivity contribution in [2.45, 2.75) is 11.8 Å². The van der Waals surface area contributed by atoms with Crippen molar-refractivity contribution in [1.82, 2.24) is 14.8 Å². The Morgan fingerprint density at radius 1 is 1.24 bits per heavy atom. The van der Waals surface area contributed by atoms with Crippen molar-refractivity contribution in [2.24, 2.45) is 0 Å². The molecule has 2 N–H and O–H groups in total. The fraction of sp³-hybridized carbons (Fsp3) is 0.118. The smallest absolute Gasteiger partial charge is 0.280 e. The summed E-state index contributed by atoms with van der Waals surface area (Å²) in [4.78, 5) is 20.6. The summed E-state index contributed by atoms with van der Waals surface area (Å²) in [6, 6.07) is 9.88. The third-order valence-electron chi connectivity index (χ3n) is 3.76. The van der Waals surface area contributed by atoms with E-state index in [4.69, 9.17) is 11.4 Å². The van der Waals surface area contributed by atoms with Crippen LogP contribution in [0.5, 0.6) is 0 Å². The fourth-order valence-electron chi connectivity index (χ4n) is 2.49. The predicted molar refractivity (Wildman–Crippen MR) is 95.7 cm³/mol. The van der Waals surface area contributed by atoms with E-state index in [9.17, 15) is 9.00 Å². The zero-order valence-corrected chi connectivity index (χ0v) is 14.4. The lowest BCUT2D eigenvalue weighted by Crippen LogP contribution is -2.17. The van der Waals surface area contributed by atoms with E-state index in [1.165, 1.54) is 23.2 Å². The highest BCUT2D eigenvalue weighted by molar-refractivity contribution is 7.91. The molecular formula is C17H15N5O2S. The van der Waals surface area contributed by atoms with E-state index < -0.39 is 9.73 Å². The van der Waals surface area contributed by atoms with Crippen LogP contribution in [0.15, 0.2) is 52.3 Å². The van der Waals surface area contributed by atoms with Gasteiger partial charge in [0.15, 0.2) is 11.5 Å². The minimum atomic E-state index is -2.85. The summed E-state index contributed by atoms with van der Waals surface area (Å²) in [5, 5.41) is 2.98. The van der Waals surface area contributed by atoms with Gasteiger partial charge in [-0.05, 0) is 24.6 Å². The summed E-state index contributed by atoms with van der Waals surface area (Å²) in [5.74, 6) is 0.351. The number of nitrogens with zero attached hydrogens (tertiary/aromatic N) is 3. The number of aryl methyl sites for hydroxylation is 1. The van der Waals surface area contributed by atoms with E-state index in [2.05, 4.69) is 14.9 Å². The molecule has 8 heteroatoms. The number of rotatable bonds is 3. The monoisotopic (exact) mass is 353 g/mol. The van der Waals surface area contributed by atoms with Crippen molar-refractivity contribution in [1.29, 1.82) is 4.78 Å². The summed E-state index contributed by atoms with van der Waals surface area (Å²) in [5.41, 5.74) is 2.13. The molecule has 1 aromatic carbocycles. The zero-order chi connectivity index (χ0) is 18.2. The van der Waals surface area contributed by atoms with Crippen molar-refractivity contribution in [3.05, 3.63) is 70.1 Å². The second-order valence-electron chi connectivity index (χ2n) is 5.61. The topological polar surface area (TPSA) is 96.0 Å². The predicted octanol–water partition coefficient (Wildman–Crippen LogP) is 3.12. The number of benzene rings is 1. The quantitative estimate of drug-likeness (QED) is 0.708. The highest BCUT2D eigenvalue weighted by atomic mass is 32.2. The van der Waals surface area contributed by atoms with E-state index in [0.717, 1.165) is 0 Å². The van der Waals surface area contributed by atoms with Gasteiger partial charge in [0.05, 0.1) is 26.8 Å². The van der Waals surface area contributed by atoms with Crippen LogP contribution >= 0.6 is 0 Å². The number of nitrogens with one attached hydrogen (secondary N) is 2. The van der Waals surface area contributed by atoms with Crippen molar-refractivity contribution in [3.63, 3.8) is 0 Å². The molecule has 0 bridgehead atoms. The van der Waals surface area contributed by atoms with Gasteiger partial charge in [-0.2, -0.15) is 0 Å². The third-order valence-corrected chi connectivity index (χ3v) is 4.90. The molecule has 0 spiro atoms. The standard InChI is InChI=1S/C17H15N5O2S/c1-11-16(12-4-6-13(19-2)7-5-12)17(23)22(21-11)15-9-8-14(10-20-15)25(3,18)24/h4-10,18,21H,1,3H3. The Morgan fingerprint density at radius 2 is 1.92 bits per heavy atom. The van der Waals surface area contributed by atoms with Crippen molar-refractivity contribution >= 4 is 15.4 Å². The van der Waals surface area contributed by atoms with Gasteiger partial charge in [0, 0.05) is 18.1 Å². The van der Waals surface area contributed by atoms with Gasteiger partial charge in [0.1, 0.15) is 0 Å². The van der Waals surface area contributed by atoms with Crippen molar-refractivity contribution in [3.8, 4) is 16.9 Å². The molecule has 25 heavy (non-hydrogen) atoms. The molecule has 3 rings (SSSR count). The summed E-state index contributed by atoms with van der Waals surface area (Å²) in [7, 11) is -2.85. The Balaban J connectivity index is 2.08. The minimum Gasteiger partial charge on any atom is -0.293 e.